The number of benzene rings is 1. The molecule has 0 radical (unpaired) electrons. The SMILES string of the molecule is CCOC(=O)CN(CC(=O)OCC)c1ccc(CCBr)cc1. The van der Waals surface area contributed by atoms with Gasteiger partial charge in [0, 0.05) is 11.0 Å². The monoisotopic (exact) mass is 371 g/mol. The molecule has 0 N–H and O–H groups in total. The summed E-state index contributed by atoms with van der Waals surface area (Å²) in [6, 6.07) is 7.77. The predicted molar refractivity (Wildman–Crippen MR) is 89.4 cm³/mol. The minimum absolute atomic E-state index is 0.0183. The largest absolute Gasteiger partial charge is 0.465 e. The molecular weight excluding hydrogens is 350 g/mol. The Morgan fingerprint density at radius 2 is 1.50 bits per heavy atom. The number of nitrogens with zero attached hydrogens (tertiary/aromatic N) is 1. The fourth-order valence-electron chi connectivity index (χ4n) is 1.95. The molecule has 0 aliphatic heterocycles. The molecule has 1 aromatic carbocycles. The van der Waals surface area contributed by atoms with Crippen LogP contribution in [0.5, 0.6) is 0 Å². The van der Waals surface area contributed by atoms with E-state index in [9.17, 15) is 9.59 Å². The third-order valence-corrected chi connectivity index (χ3v) is 3.33. The fourth-order valence-corrected chi connectivity index (χ4v) is 2.40. The third-order valence-electron chi connectivity index (χ3n) is 2.94. The van der Waals surface area contributed by atoms with E-state index in [0.29, 0.717) is 13.2 Å². The van der Waals surface area contributed by atoms with Crippen LogP contribution in [-0.4, -0.2) is 43.6 Å². The Kier molecular flexibility index (Phi) is 8.58. The zero-order valence-electron chi connectivity index (χ0n) is 13.0. The number of carbonyl (C=O) groups is 2. The van der Waals surface area contributed by atoms with Crippen LogP contribution >= 0.6 is 15.9 Å². The molecule has 5 nitrogen and oxygen atoms in total. The lowest BCUT2D eigenvalue weighted by molar-refractivity contribution is -0.142. The van der Waals surface area contributed by atoms with Crippen molar-refractivity contribution in [2.45, 2.75) is 20.3 Å². The molecule has 0 heterocycles. The molecule has 0 aliphatic rings. The van der Waals surface area contributed by atoms with E-state index >= 15 is 0 Å². The second kappa shape index (κ2) is 10.2. The Labute approximate surface area is 139 Å². The van der Waals surface area contributed by atoms with Gasteiger partial charge in [0.05, 0.1) is 13.2 Å². The van der Waals surface area contributed by atoms with E-state index in [1.54, 1.807) is 18.7 Å². The Balaban J connectivity index is 2.82. The smallest absolute Gasteiger partial charge is 0.325 e. The van der Waals surface area contributed by atoms with E-state index in [-0.39, 0.29) is 25.0 Å². The molecule has 0 spiro atoms. The standard InChI is InChI=1S/C16H22BrNO4/c1-3-21-15(19)11-18(12-16(20)22-4-2)14-7-5-13(6-8-14)9-10-17/h5-8H,3-4,9-12H2,1-2H3. The van der Waals surface area contributed by atoms with Gasteiger partial charge in [0.1, 0.15) is 13.1 Å². The van der Waals surface area contributed by atoms with Crippen LogP contribution < -0.4 is 4.90 Å². The highest BCUT2D eigenvalue weighted by molar-refractivity contribution is 9.09. The van der Waals surface area contributed by atoms with Gasteiger partial charge in [0.2, 0.25) is 0 Å². The summed E-state index contributed by atoms with van der Waals surface area (Å²) in [6.45, 7) is 4.17. The summed E-state index contributed by atoms with van der Waals surface area (Å²) in [7, 11) is 0. The summed E-state index contributed by atoms with van der Waals surface area (Å²) in [6.07, 6.45) is 0.927. The van der Waals surface area contributed by atoms with Gasteiger partial charge in [-0.1, -0.05) is 28.1 Å². The van der Waals surface area contributed by atoms with E-state index in [2.05, 4.69) is 15.9 Å². The van der Waals surface area contributed by atoms with Crippen molar-refractivity contribution in [3.05, 3.63) is 29.8 Å². The molecule has 0 saturated carbocycles. The van der Waals surface area contributed by atoms with Gasteiger partial charge in [-0.05, 0) is 38.0 Å². The fraction of sp³-hybridized carbons (Fsp3) is 0.500. The van der Waals surface area contributed by atoms with Crippen molar-refractivity contribution >= 4 is 33.6 Å². The summed E-state index contributed by atoms with van der Waals surface area (Å²) in [4.78, 5) is 25.1. The average molecular weight is 372 g/mol. The van der Waals surface area contributed by atoms with Crippen molar-refractivity contribution in [2.24, 2.45) is 0 Å². The zero-order valence-corrected chi connectivity index (χ0v) is 14.6. The first-order valence-electron chi connectivity index (χ1n) is 7.31. The lowest BCUT2D eigenvalue weighted by Crippen LogP contribution is -2.36. The van der Waals surface area contributed by atoms with E-state index in [1.807, 2.05) is 24.3 Å². The van der Waals surface area contributed by atoms with Crippen LogP contribution in [0.15, 0.2) is 24.3 Å². The highest BCUT2D eigenvalue weighted by Crippen LogP contribution is 2.16. The number of carbonyl (C=O) groups excluding carboxylic acids is 2. The van der Waals surface area contributed by atoms with Crippen molar-refractivity contribution in [3.63, 3.8) is 0 Å². The van der Waals surface area contributed by atoms with Gasteiger partial charge in [-0.2, -0.15) is 0 Å². The Morgan fingerprint density at radius 1 is 1.00 bits per heavy atom. The number of esters is 2. The molecule has 0 amide bonds. The summed E-state index contributed by atoms with van der Waals surface area (Å²) < 4.78 is 9.92. The molecule has 0 bridgehead atoms. The highest BCUT2D eigenvalue weighted by atomic mass is 79.9. The minimum atomic E-state index is -0.365. The molecule has 6 heteroatoms. The first-order chi connectivity index (χ1) is 10.6. The molecule has 1 rings (SSSR count). The first-order valence-corrected chi connectivity index (χ1v) is 8.43. The quantitative estimate of drug-likeness (QED) is 0.493. The number of hydrogen-bond acceptors (Lipinski definition) is 5. The lowest BCUT2D eigenvalue weighted by Gasteiger charge is -2.23. The van der Waals surface area contributed by atoms with Gasteiger partial charge in [-0.3, -0.25) is 9.59 Å². The second-order valence-electron chi connectivity index (χ2n) is 4.57. The van der Waals surface area contributed by atoms with Gasteiger partial charge in [0.15, 0.2) is 0 Å². The van der Waals surface area contributed by atoms with Crippen molar-refractivity contribution in [3.8, 4) is 0 Å². The van der Waals surface area contributed by atoms with Gasteiger partial charge < -0.3 is 14.4 Å². The average Bonchev–Trinajstić information content (AvgIpc) is 2.48. The topological polar surface area (TPSA) is 55.8 Å². The molecular formula is C16H22BrNO4. The van der Waals surface area contributed by atoms with Gasteiger partial charge >= 0.3 is 11.9 Å². The minimum Gasteiger partial charge on any atom is -0.465 e. The number of rotatable bonds is 9. The highest BCUT2D eigenvalue weighted by Gasteiger charge is 2.16. The van der Waals surface area contributed by atoms with Crippen LogP contribution in [0.25, 0.3) is 0 Å². The molecule has 0 fully saturated rings. The van der Waals surface area contributed by atoms with Gasteiger partial charge in [0.25, 0.3) is 0 Å². The number of halogens is 1. The number of ether oxygens (including phenoxy) is 2. The molecule has 22 heavy (non-hydrogen) atoms. The molecule has 1 aromatic rings. The van der Waals surface area contributed by atoms with Gasteiger partial charge in [-0.25, -0.2) is 0 Å². The Bertz CT molecular complexity index is 456. The van der Waals surface area contributed by atoms with Crippen LogP contribution in [0, 0.1) is 0 Å². The maximum absolute atomic E-state index is 11.7. The predicted octanol–water partition coefficient (Wildman–Crippen LogP) is 2.56. The summed E-state index contributed by atoms with van der Waals surface area (Å²) in [5.74, 6) is -0.729. The van der Waals surface area contributed by atoms with Crippen molar-refractivity contribution < 1.29 is 19.1 Å². The van der Waals surface area contributed by atoms with Crippen molar-refractivity contribution in [2.75, 3.05) is 36.5 Å². The Morgan fingerprint density at radius 3 is 1.91 bits per heavy atom. The maximum atomic E-state index is 11.7. The maximum Gasteiger partial charge on any atom is 0.325 e. The van der Waals surface area contributed by atoms with E-state index in [4.69, 9.17) is 9.47 Å². The second-order valence-corrected chi connectivity index (χ2v) is 5.36. The zero-order chi connectivity index (χ0) is 16.4. The number of anilines is 1. The molecule has 0 saturated heterocycles. The van der Waals surface area contributed by atoms with Crippen LogP contribution in [0.3, 0.4) is 0 Å². The van der Waals surface area contributed by atoms with E-state index < -0.39 is 0 Å². The van der Waals surface area contributed by atoms with Crippen LogP contribution in [0.1, 0.15) is 19.4 Å². The molecule has 0 aromatic heterocycles. The molecule has 0 unspecified atom stereocenters. The summed E-state index contributed by atoms with van der Waals surface area (Å²) in [5, 5.41) is 0.891. The van der Waals surface area contributed by atoms with Crippen LogP contribution in [-0.2, 0) is 25.5 Å². The number of alkyl halides is 1. The Hall–Kier alpha value is -1.56. The summed E-state index contributed by atoms with van der Waals surface area (Å²) >= 11 is 3.40. The molecule has 0 aliphatic carbocycles. The normalized spacial score (nSPS) is 10.1. The first kappa shape index (κ1) is 18.5. The number of hydrogen-bond donors (Lipinski definition) is 0. The van der Waals surface area contributed by atoms with Crippen molar-refractivity contribution in [1.82, 2.24) is 0 Å². The lowest BCUT2D eigenvalue weighted by atomic mass is 10.1. The van der Waals surface area contributed by atoms with Crippen molar-refractivity contribution in [1.29, 1.82) is 0 Å². The van der Waals surface area contributed by atoms with E-state index in [0.717, 1.165) is 17.4 Å². The third kappa shape index (κ3) is 6.47. The van der Waals surface area contributed by atoms with Crippen LogP contribution in [0.4, 0.5) is 5.69 Å². The molecule has 0 atom stereocenters. The van der Waals surface area contributed by atoms with E-state index in [1.165, 1.54) is 5.56 Å². The number of aryl methyl sites for hydroxylation is 1. The van der Waals surface area contributed by atoms with Gasteiger partial charge in [-0.15, -0.1) is 0 Å². The molecule has 122 valence electrons. The summed E-state index contributed by atoms with van der Waals surface area (Å²) in [5.41, 5.74) is 1.98. The van der Waals surface area contributed by atoms with Crippen LogP contribution in [0.2, 0.25) is 0 Å².